The Morgan fingerprint density at radius 1 is 1.40 bits per heavy atom. The Morgan fingerprint density at radius 2 is 2.13 bits per heavy atom. The smallest absolute Gasteiger partial charge is 0.336 e. The van der Waals surface area contributed by atoms with Crippen LogP contribution in [0.25, 0.3) is 5.57 Å². The molecule has 15 heavy (non-hydrogen) atoms. The minimum absolute atomic E-state index is 0.177. The number of carboxylic acids is 1. The fraction of sp³-hybridized carbons (Fsp3) is 0.182. The van der Waals surface area contributed by atoms with Crippen LogP contribution < -0.4 is 4.74 Å². The van der Waals surface area contributed by atoms with Crippen molar-refractivity contribution in [3.05, 3.63) is 35.9 Å². The summed E-state index contributed by atoms with van der Waals surface area (Å²) in [4.78, 5) is 11.0. The highest BCUT2D eigenvalue weighted by atomic mass is 16.5. The molecule has 4 heteroatoms. The van der Waals surface area contributed by atoms with Crippen LogP contribution in [0.4, 0.5) is 0 Å². The SMILES string of the molecule is O=C(O)C1=CC(CO)Oc2ccccc21. The maximum absolute atomic E-state index is 11.0. The van der Waals surface area contributed by atoms with Crippen molar-refractivity contribution in [2.24, 2.45) is 0 Å². The fourth-order valence-electron chi connectivity index (χ4n) is 1.54. The standard InChI is InChI=1S/C11H10O4/c12-6-7-5-9(11(13)14)8-3-1-2-4-10(8)15-7/h1-5,7,12H,6H2,(H,13,14). The van der Waals surface area contributed by atoms with Crippen LogP contribution >= 0.6 is 0 Å². The summed E-state index contributed by atoms with van der Waals surface area (Å²) in [6, 6.07) is 6.88. The van der Waals surface area contributed by atoms with Crippen molar-refractivity contribution in [2.75, 3.05) is 6.61 Å². The third-order valence-corrected chi connectivity index (χ3v) is 2.22. The van der Waals surface area contributed by atoms with E-state index < -0.39 is 12.1 Å². The van der Waals surface area contributed by atoms with E-state index in [2.05, 4.69) is 0 Å². The number of aliphatic hydroxyl groups is 1. The van der Waals surface area contributed by atoms with Gasteiger partial charge in [0, 0.05) is 5.56 Å². The van der Waals surface area contributed by atoms with Gasteiger partial charge >= 0.3 is 5.97 Å². The molecule has 0 aliphatic carbocycles. The first kappa shape index (κ1) is 9.73. The maximum Gasteiger partial charge on any atom is 0.336 e. The molecule has 2 rings (SSSR count). The van der Waals surface area contributed by atoms with Crippen LogP contribution in [0.15, 0.2) is 30.3 Å². The highest BCUT2D eigenvalue weighted by Gasteiger charge is 2.23. The summed E-state index contributed by atoms with van der Waals surface area (Å²) in [5.74, 6) is -0.513. The number of para-hydroxylation sites is 1. The van der Waals surface area contributed by atoms with E-state index in [0.29, 0.717) is 11.3 Å². The Hall–Kier alpha value is -1.81. The third kappa shape index (κ3) is 1.71. The average Bonchev–Trinajstić information content (AvgIpc) is 2.27. The summed E-state index contributed by atoms with van der Waals surface area (Å²) < 4.78 is 5.37. The summed E-state index contributed by atoms with van der Waals surface area (Å²) in [6.45, 7) is -0.231. The normalized spacial score (nSPS) is 18.7. The fourth-order valence-corrected chi connectivity index (χ4v) is 1.54. The lowest BCUT2D eigenvalue weighted by atomic mass is 10.0. The van der Waals surface area contributed by atoms with Crippen LogP contribution in [0, 0.1) is 0 Å². The zero-order valence-corrected chi connectivity index (χ0v) is 7.88. The molecule has 2 N–H and O–H groups in total. The van der Waals surface area contributed by atoms with E-state index in [1.807, 2.05) is 0 Å². The molecule has 1 unspecified atom stereocenters. The van der Waals surface area contributed by atoms with Gasteiger partial charge in [-0.25, -0.2) is 4.79 Å². The highest BCUT2D eigenvalue weighted by Crippen LogP contribution is 2.31. The largest absolute Gasteiger partial charge is 0.483 e. The number of ether oxygens (including phenoxy) is 1. The number of hydrogen-bond donors (Lipinski definition) is 2. The van der Waals surface area contributed by atoms with Crippen LogP contribution in [0.3, 0.4) is 0 Å². The Bertz CT molecular complexity index is 422. The summed E-state index contributed by atoms with van der Waals surface area (Å²) in [5.41, 5.74) is 0.727. The first-order chi connectivity index (χ1) is 7.22. The number of aliphatic hydroxyl groups excluding tert-OH is 1. The van der Waals surface area contributed by atoms with Gasteiger partial charge in [0.2, 0.25) is 0 Å². The molecule has 0 spiro atoms. The number of hydrogen-bond acceptors (Lipinski definition) is 3. The van der Waals surface area contributed by atoms with Crippen LogP contribution in [0.2, 0.25) is 0 Å². The summed E-state index contributed by atoms with van der Waals surface area (Å²) in [7, 11) is 0. The number of benzene rings is 1. The van der Waals surface area contributed by atoms with Gasteiger partial charge in [-0.05, 0) is 12.1 Å². The van der Waals surface area contributed by atoms with Crippen LogP contribution in [0.1, 0.15) is 5.56 Å². The van der Waals surface area contributed by atoms with Gasteiger partial charge in [0.25, 0.3) is 0 Å². The lowest BCUT2D eigenvalue weighted by Crippen LogP contribution is -2.24. The second kappa shape index (κ2) is 3.74. The third-order valence-electron chi connectivity index (χ3n) is 2.22. The summed E-state index contributed by atoms with van der Waals surface area (Å²) >= 11 is 0. The predicted molar refractivity (Wildman–Crippen MR) is 53.6 cm³/mol. The molecule has 0 amide bonds. The van der Waals surface area contributed by atoms with Crippen LogP contribution in [-0.2, 0) is 4.79 Å². The van der Waals surface area contributed by atoms with Gasteiger partial charge in [0.05, 0.1) is 12.2 Å². The minimum atomic E-state index is -1.01. The Labute approximate surface area is 86.4 Å². The Balaban J connectivity index is 2.50. The van der Waals surface area contributed by atoms with Gasteiger partial charge in [-0.3, -0.25) is 0 Å². The lowest BCUT2D eigenvalue weighted by molar-refractivity contribution is -0.130. The molecule has 0 saturated carbocycles. The number of carboxylic acid groups (broad SMARTS) is 1. The Morgan fingerprint density at radius 3 is 2.80 bits per heavy atom. The predicted octanol–water partition coefficient (Wildman–Crippen LogP) is 0.908. The monoisotopic (exact) mass is 206 g/mol. The van der Waals surface area contributed by atoms with Gasteiger partial charge in [0.15, 0.2) is 0 Å². The summed E-state index contributed by atoms with van der Waals surface area (Å²) in [5, 5.41) is 17.9. The molecule has 0 bridgehead atoms. The number of aliphatic carboxylic acids is 1. The zero-order valence-electron chi connectivity index (χ0n) is 7.88. The Kier molecular flexibility index (Phi) is 2.43. The number of fused-ring (bicyclic) bond motifs is 1. The molecular weight excluding hydrogens is 196 g/mol. The van der Waals surface area contributed by atoms with Crippen molar-refractivity contribution in [2.45, 2.75) is 6.10 Å². The van der Waals surface area contributed by atoms with Gasteiger partial charge < -0.3 is 14.9 Å². The van der Waals surface area contributed by atoms with E-state index in [-0.39, 0.29) is 12.2 Å². The van der Waals surface area contributed by atoms with Crippen molar-refractivity contribution in [1.29, 1.82) is 0 Å². The molecule has 78 valence electrons. The molecule has 1 aliphatic heterocycles. The minimum Gasteiger partial charge on any atom is -0.483 e. The quantitative estimate of drug-likeness (QED) is 0.754. The average molecular weight is 206 g/mol. The van der Waals surface area contributed by atoms with Gasteiger partial charge in [-0.15, -0.1) is 0 Å². The topological polar surface area (TPSA) is 66.8 Å². The van der Waals surface area contributed by atoms with E-state index in [0.717, 1.165) is 0 Å². The van der Waals surface area contributed by atoms with E-state index in [1.54, 1.807) is 24.3 Å². The van der Waals surface area contributed by atoms with Crippen molar-refractivity contribution in [3.8, 4) is 5.75 Å². The van der Waals surface area contributed by atoms with Crippen LogP contribution in [0.5, 0.6) is 5.75 Å². The second-order valence-corrected chi connectivity index (χ2v) is 3.22. The molecule has 1 heterocycles. The zero-order chi connectivity index (χ0) is 10.8. The van der Waals surface area contributed by atoms with Crippen molar-refractivity contribution in [1.82, 2.24) is 0 Å². The van der Waals surface area contributed by atoms with Crippen molar-refractivity contribution >= 4 is 11.5 Å². The molecule has 1 aliphatic rings. The van der Waals surface area contributed by atoms with E-state index in [4.69, 9.17) is 14.9 Å². The molecule has 0 saturated heterocycles. The first-order valence-corrected chi connectivity index (χ1v) is 4.54. The molecule has 1 atom stereocenters. The number of carbonyl (C=O) groups is 1. The molecule has 1 aromatic rings. The van der Waals surface area contributed by atoms with Crippen LogP contribution in [-0.4, -0.2) is 28.9 Å². The maximum atomic E-state index is 11.0. The summed E-state index contributed by atoms with van der Waals surface area (Å²) in [6.07, 6.45) is 0.844. The van der Waals surface area contributed by atoms with Gasteiger partial charge in [-0.2, -0.15) is 0 Å². The van der Waals surface area contributed by atoms with Crippen molar-refractivity contribution in [3.63, 3.8) is 0 Å². The van der Waals surface area contributed by atoms with E-state index in [1.165, 1.54) is 6.08 Å². The molecule has 0 radical (unpaired) electrons. The van der Waals surface area contributed by atoms with Gasteiger partial charge in [-0.1, -0.05) is 18.2 Å². The molecule has 0 aromatic heterocycles. The number of rotatable bonds is 2. The van der Waals surface area contributed by atoms with E-state index >= 15 is 0 Å². The molecule has 4 nitrogen and oxygen atoms in total. The van der Waals surface area contributed by atoms with E-state index in [9.17, 15) is 4.79 Å². The molecule has 1 aromatic carbocycles. The van der Waals surface area contributed by atoms with Gasteiger partial charge in [0.1, 0.15) is 11.9 Å². The van der Waals surface area contributed by atoms with Crippen molar-refractivity contribution < 1.29 is 19.7 Å². The molecule has 0 fully saturated rings. The second-order valence-electron chi connectivity index (χ2n) is 3.22. The molecular formula is C11H10O4. The first-order valence-electron chi connectivity index (χ1n) is 4.54. The highest BCUT2D eigenvalue weighted by molar-refractivity contribution is 6.16. The lowest BCUT2D eigenvalue weighted by Gasteiger charge is -2.22.